The maximum Gasteiger partial charge on any atom is 0.225 e. The van der Waals surface area contributed by atoms with Gasteiger partial charge in [0.1, 0.15) is 0 Å². The Morgan fingerprint density at radius 2 is 1.56 bits per heavy atom. The molecule has 0 aromatic rings. The zero-order valence-electron chi connectivity index (χ0n) is 13.4. The molecule has 0 unspecified atom stereocenters. The fourth-order valence-electron chi connectivity index (χ4n) is 2.38. The van der Waals surface area contributed by atoms with Crippen molar-refractivity contribution in [3.8, 4) is 0 Å². The van der Waals surface area contributed by atoms with E-state index >= 15 is 0 Å². The van der Waals surface area contributed by atoms with Gasteiger partial charge in [0, 0.05) is 38.1 Å². The van der Waals surface area contributed by atoms with Gasteiger partial charge in [0.25, 0.3) is 0 Å². The van der Waals surface area contributed by atoms with Gasteiger partial charge < -0.3 is 9.80 Å². The molecule has 0 radical (unpaired) electrons. The molecule has 1 aliphatic heterocycles. The van der Waals surface area contributed by atoms with Crippen LogP contribution < -0.4 is 0 Å². The highest BCUT2D eigenvalue weighted by Crippen LogP contribution is 2.18. The Balaban J connectivity index is 0.00000137. The SMILES string of the molecule is CC.CC(C)C(=O)N(C)C1CCN(C(C)C)CC1. The summed E-state index contributed by atoms with van der Waals surface area (Å²) in [5, 5.41) is 0. The van der Waals surface area contributed by atoms with Crippen molar-refractivity contribution < 1.29 is 4.79 Å². The summed E-state index contributed by atoms with van der Waals surface area (Å²) in [5.74, 6) is 0.399. The smallest absolute Gasteiger partial charge is 0.225 e. The van der Waals surface area contributed by atoms with Crippen molar-refractivity contribution in [3.05, 3.63) is 0 Å². The fraction of sp³-hybridized carbons (Fsp3) is 0.933. The Morgan fingerprint density at radius 1 is 1.11 bits per heavy atom. The molecule has 0 bridgehead atoms. The number of nitrogens with zero attached hydrogens (tertiary/aromatic N) is 2. The molecule has 108 valence electrons. The van der Waals surface area contributed by atoms with Gasteiger partial charge in [0.05, 0.1) is 0 Å². The molecule has 1 rings (SSSR count). The van der Waals surface area contributed by atoms with Gasteiger partial charge in [0.15, 0.2) is 0 Å². The second kappa shape index (κ2) is 8.52. The number of likely N-dealkylation sites (tertiary alicyclic amines) is 1. The predicted octanol–water partition coefficient (Wildman–Crippen LogP) is 3.00. The highest BCUT2D eigenvalue weighted by molar-refractivity contribution is 5.78. The van der Waals surface area contributed by atoms with Crippen LogP contribution in [0.2, 0.25) is 0 Å². The van der Waals surface area contributed by atoms with Crippen molar-refractivity contribution in [1.82, 2.24) is 9.80 Å². The first-order valence-corrected chi connectivity index (χ1v) is 7.44. The minimum absolute atomic E-state index is 0.119. The van der Waals surface area contributed by atoms with E-state index in [0.29, 0.717) is 12.1 Å². The fourth-order valence-corrected chi connectivity index (χ4v) is 2.38. The summed E-state index contributed by atoms with van der Waals surface area (Å²) in [6, 6.07) is 1.08. The van der Waals surface area contributed by atoms with Crippen molar-refractivity contribution in [2.45, 2.75) is 66.5 Å². The van der Waals surface area contributed by atoms with E-state index in [1.807, 2.05) is 39.6 Å². The first-order valence-electron chi connectivity index (χ1n) is 7.44. The van der Waals surface area contributed by atoms with Crippen molar-refractivity contribution in [2.75, 3.05) is 20.1 Å². The number of amides is 1. The predicted molar refractivity (Wildman–Crippen MR) is 78.7 cm³/mol. The van der Waals surface area contributed by atoms with E-state index in [9.17, 15) is 4.79 Å². The van der Waals surface area contributed by atoms with E-state index in [4.69, 9.17) is 0 Å². The second-order valence-corrected chi connectivity index (χ2v) is 5.46. The van der Waals surface area contributed by atoms with Crippen LogP contribution in [0.1, 0.15) is 54.4 Å². The monoisotopic (exact) mass is 256 g/mol. The number of carbonyl (C=O) groups excluding carboxylic acids is 1. The summed E-state index contributed by atoms with van der Waals surface area (Å²) in [5.41, 5.74) is 0. The molecule has 3 heteroatoms. The number of hydrogen-bond acceptors (Lipinski definition) is 2. The molecule has 0 aliphatic carbocycles. The van der Waals surface area contributed by atoms with Crippen LogP contribution in [0.3, 0.4) is 0 Å². The molecule has 0 N–H and O–H groups in total. The van der Waals surface area contributed by atoms with Crippen molar-refractivity contribution in [2.24, 2.45) is 5.92 Å². The van der Waals surface area contributed by atoms with Crippen LogP contribution in [0.4, 0.5) is 0 Å². The average Bonchev–Trinajstić information content (AvgIpc) is 2.39. The van der Waals surface area contributed by atoms with Crippen LogP contribution in [0.5, 0.6) is 0 Å². The second-order valence-electron chi connectivity index (χ2n) is 5.46. The lowest BCUT2D eigenvalue weighted by molar-refractivity contribution is -0.136. The number of rotatable bonds is 3. The summed E-state index contributed by atoms with van der Waals surface area (Å²) in [6.07, 6.45) is 2.24. The summed E-state index contributed by atoms with van der Waals surface area (Å²) in [4.78, 5) is 16.3. The first kappa shape index (κ1) is 17.4. The Kier molecular flexibility index (Phi) is 8.25. The molecule has 0 aromatic heterocycles. The Hall–Kier alpha value is -0.570. The van der Waals surface area contributed by atoms with E-state index < -0.39 is 0 Å². The average molecular weight is 256 g/mol. The van der Waals surface area contributed by atoms with Gasteiger partial charge >= 0.3 is 0 Å². The van der Waals surface area contributed by atoms with Crippen LogP contribution in [-0.4, -0.2) is 47.9 Å². The standard InChI is InChI=1S/C13H26N2O.C2H6/c1-10(2)13(16)14(5)12-6-8-15(9-7-12)11(3)4;1-2/h10-12H,6-9H2,1-5H3;1-2H3. The highest BCUT2D eigenvalue weighted by atomic mass is 16.2. The van der Waals surface area contributed by atoms with Crippen molar-refractivity contribution in [1.29, 1.82) is 0 Å². The molecule has 1 heterocycles. The highest BCUT2D eigenvalue weighted by Gasteiger charge is 2.26. The molecule has 1 fully saturated rings. The molecule has 1 amide bonds. The van der Waals surface area contributed by atoms with Crippen LogP contribution in [0.25, 0.3) is 0 Å². The van der Waals surface area contributed by atoms with E-state index in [1.165, 1.54) is 0 Å². The van der Waals surface area contributed by atoms with E-state index in [0.717, 1.165) is 25.9 Å². The minimum atomic E-state index is 0.119. The number of carbonyl (C=O) groups is 1. The van der Waals surface area contributed by atoms with Gasteiger partial charge in [-0.3, -0.25) is 4.79 Å². The third kappa shape index (κ3) is 4.97. The molecule has 1 aliphatic rings. The lowest BCUT2D eigenvalue weighted by Crippen LogP contribution is -2.48. The van der Waals surface area contributed by atoms with Crippen molar-refractivity contribution in [3.63, 3.8) is 0 Å². The summed E-state index contributed by atoms with van der Waals surface area (Å²) in [7, 11) is 1.96. The quantitative estimate of drug-likeness (QED) is 0.775. The molecule has 0 spiro atoms. The number of piperidine rings is 1. The lowest BCUT2D eigenvalue weighted by Gasteiger charge is -2.39. The Labute approximate surface area is 114 Å². The van der Waals surface area contributed by atoms with E-state index in [-0.39, 0.29) is 11.8 Å². The molecule has 0 atom stereocenters. The van der Waals surface area contributed by atoms with Gasteiger partial charge in [0.2, 0.25) is 5.91 Å². The first-order chi connectivity index (χ1) is 8.43. The Bertz CT molecular complexity index is 231. The topological polar surface area (TPSA) is 23.6 Å². The number of hydrogen-bond donors (Lipinski definition) is 0. The van der Waals surface area contributed by atoms with Gasteiger partial charge in [-0.05, 0) is 26.7 Å². The van der Waals surface area contributed by atoms with Crippen LogP contribution in [-0.2, 0) is 4.79 Å². The molecular formula is C15H32N2O. The molecule has 1 saturated heterocycles. The van der Waals surface area contributed by atoms with Gasteiger partial charge in [-0.25, -0.2) is 0 Å². The van der Waals surface area contributed by atoms with E-state index in [2.05, 4.69) is 18.7 Å². The van der Waals surface area contributed by atoms with Crippen LogP contribution in [0, 0.1) is 5.92 Å². The summed E-state index contributed by atoms with van der Waals surface area (Å²) >= 11 is 0. The normalized spacial score (nSPS) is 17.6. The summed E-state index contributed by atoms with van der Waals surface area (Å²) < 4.78 is 0. The molecular weight excluding hydrogens is 224 g/mol. The van der Waals surface area contributed by atoms with Gasteiger partial charge in [-0.2, -0.15) is 0 Å². The third-order valence-electron chi connectivity index (χ3n) is 3.62. The zero-order chi connectivity index (χ0) is 14.3. The lowest BCUT2D eigenvalue weighted by atomic mass is 10.0. The van der Waals surface area contributed by atoms with Gasteiger partial charge in [-0.15, -0.1) is 0 Å². The molecule has 0 aromatic carbocycles. The maximum atomic E-state index is 11.9. The maximum absolute atomic E-state index is 11.9. The molecule has 18 heavy (non-hydrogen) atoms. The zero-order valence-corrected chi connectivity index (χ0v) is 13.4. The largest absolute Gasteiger partial charge is 0.342 e. The van der Waals surface area contributed by atoms with Crippen molar-refractivity contribution >= 4 is 5.91 Å². The van der Waals surface area contributed by atoms with Gasteiger partial charge in [-0.1, -0.05) is 27.7 Å². The summed E-state index contributed by atoms with van der Waals surface area (Å²) in [6.45, 7) is 14.7. The third-order valence-corrected chi connectivity index (χ3v) is 3.62. The van der Waals surface area contributed by atoms with E-state index in [1.54, 1.807) is 0 Å². The Morgan fingerprint density at radius 3 is 1.89 bits per heavy atom. The molecule has 0 saturated carbocycles. The van der Waals surface area contributed by atoms with Crippen LogP contribution in [0.15, 0.2) is 0 Å². The van der Waals surface area contributed by atoms with Crippen LogP contribution >= 0.6 is 0 Å². The molecule has 3 nitrogen and oxygen atoms in total. The minimum Gasteiger partial charge on any atom is -0.342 e.